The Kier molecular flexibility index (Phi) is 11.1. The molecule has 2 saturated heterocycles. The van der Waals surface area contributed by atoms with Gasteiger partial charge in [-0.25, -0.2) is 0 Å². The number of nitrogens with two attached hydrogens (primary N) is 4. The molecule has 1 aromatic rings. The molecule has 2 heterocycles. The number of ether oxygens (including phenoxy) is 4. The summed E-state index contributed by atoms with van der Waals surface area (Å²) in [7, 11) is -4.24. The lowest BCUT2D eigenvalue weighted by Crippen LogP contribution is -2.68. The maximum atomic E-state index is 12.6. The van der Waals surface area contributed by atoms with Crippen LogP contribution in [-0.2, 0) is 33.2 Å². The van der Waals surface area contributed by atoms with Gasteiger partial charge in [-0.2, -0.15) is 8.42 Å². The molecule has 0 bridgehead atoms. The Morgan fingerprint density at radius 2 is 1.30 bits per heavy atom. The van der Waals surface area contributed by atoms with Crippen molar-refractivity contribution in [2.75, 3.05) is 13.2 Å². The second-order valence-corrected chi connectivity index (χ2v) is 12.8. The van der Waals surface area contributed by atoms with Crippen molar-refractivity contribution in [3.05, 3.63) is 29.8 Å². The van der Waals surface area contributed by atoms with E-state index in [2.05, 4.69) is 0 Å². The maximum absolute atomic E-state index is 12.6. The molecule has 17 nitrogen and oxygen atoms in total. The molecule has 1 aliphatic carbocycles. The van der Waals surface area contributed by atoms with E-state index >= 15 is 0 Å². The second kappa shape index (κ2) is 13.9. The highest BCUT2D eigenvalue weighted by molar-refractivity contribution is 7.86. The van der Waals surface area contributed by atoms with E-state index in [9.17, 15) is 39.1 Å². The van der Waals surface area contributed by atoms with Crippen molar-refractivity contribution in [2.45, 2.75) is 110 Å². The monoisotopic (exact) mass is 638 g/mol. The Bertz CT molecular complexity index is 1160. The van der Waals surface area contributed by atoms with Crippen LogP contribution in [0.1, 0.15) is 12.0 Å². The van der Waals surface area contributed by atoms with Gasteiger partial charge in [0.25, 0.3) is 10.1 Å². The average molecular weight is 639 g/mol. The summed E-state index contributed by atoms with van der Waals surface area (Å²) in [5, 5.41) is 63.1. The van der Waals surface area contributed by atoms with Crippen molar-refractivity contribution in [1.82, 2.24) is 0 Å². The van der Waals surface area contributed by atoms with Gasteiger partial charge in [-0.3, -0.25) is 4.18 Å². The van der Waals surface area contributed by atoms with Gasteiger partial charge in [-0.05, 0) is 25.5 Å². The Hall–Kier alpha value is -1.43. The molecular weight excluding hydrogens is 596 g/mol. The molecule has 3 aliphatic rings. The molecule has 1 saturated carbocycles. The minimum atomic E-state index is -4.24. The summed E-state index contributed by atoms with van der Waals surface area (Å²) in [6, 6.07) is 2.68. The van der Waals surface area contributed by atoms with E-state index in [1.165, 1.54) is 12.1 Å². The Morgan fingerprint density at radius 3 is 1.86 bits per heavy atom. The van der Waals surface area contributed by atoms with E-state index in [0.29, 0.717) is 0 Å². The van der Waals surface area contributed by atoms with E-state index < -0.39 is 108 Å². The van der Waals surface area contributed by atoms with Gasteiger partial charge in [0.15, 0.2) is 12.6 Å². The van der Waals surface area contributed by atoms with Gasteiger partial charge in [-0.15, -0.1) is 0 Å². The second-order valence-electron chi connectivity index (χ2n) is 11.2. The Balaban J connectivity index is 1.45. The molecule has 3 fully saturated rings. The Morgan fingerprint density at radius 1 is 0.767 bits per heavy atom. The number of aliphatic hydroxyl groups excluding tert-OH is 6. The molecule has 14 N–H and O–H groups in total. The molecular formula is C25H42N4O13S. The fourth-order valence-corrected chi connectivity index (χ4v) is 6.24. The summed E-state index contributed by atoms with van der Waals surface area (Å²) in [5.41, 5.74) is 24.8. The summed E-state index contributed by atoms with van der Waals surface area (Å²) >= 11 is 0. The summed E-state index contributed by atoms with van der Waals surface area (Å²) in [6.07, 6.45) is -17.8. The first-order chi connectivity index (χ1) is 20.2. The van der Waals surface area contributed by atoms with Crippen molar-refractivity contribution < 1.29 is 62.2 Å². The minimum absolute atomic E-state index is 0.0134. The van der Waals surface area contributed by atoms with Crippen molar-refractivity contribution >= 4 is 10.1 Å². The summed E-state index contributed by atoms with van der Waals surface area (Å²) in [6.45, 7) is 0.898. The van der Waals surface area contributed by atoms with Gasteiger partial charge in [0.1, 0.15) is 61.0 Å². The molecule has 0 spiro atoms. The lowest BCUT2D eigenvalue weighted by Gasteiger charge is -2.48. The first-order valence-electron chi connectivity index (χ1n) is 13.8. The van der Waals surface area contributed by atoms with E-state index in [4.69, 9.17) is 46.1 Å². The highest BCUT2D eigenvalue weighted by atomic mass is 32.2. The molecule has 0 radical (unpaired) electrons. The van der Waals surface area contributed by atoms with Gasteiger partial charge in [0.2, 0.25) is 0 Å². The van der Waals surface area contributed by atoms with Crippen LogP contribution in [0.15, 0.2) is 29.2 Å². The van der Waals surface area contributed by atoms with Gasteiger partial charge >= 0.3 is 0 Å². The van der Waals surface area contributed by atoms with Gasteiger partial charge in [-0.1, -0.05) is 17.7 Å². The van der Waals surface area contributed by atoms with Crippen LogP contribution in [0.25, 0.3) is 0 Å². The highest BCUT2D eigenvalue weighted by Crippen LogP contribution is 2.31. The zero-order valence-corrected chi connectivity index (χ0v) is 24.2. The zero-order chi connectivity index (χ0) is 31.8. The van der Waals surface area contributed by atoms with Crippen LogP contribution in [0.5, 0.6) is 0 Å². The first kappa shape index (κ1) is 34.4. The molecule has 0 amide bonds. The van der Waals surface area contributed by atoms with Crippen LogP contribution >= 0.6 is 0 Å². The van der Waals surface area contributed by atoms with Crippen LogP contribution in [0, 0.1) is 6.92 Å². The fourth-order valence-electron chi connectivity index (χ4n) is 5.32. The van der Waals surface area contributed by atoms with E-state index in [-0.39, 0.29) is 17.9 Å². The number of aryl methyl sites for hydroxylation is 1. The van der Waals surface area contributed by atoms with Crippen LogP contribution < -0.4 is 22.9 Å². The summed E-state index contributed by atoms with van der Waals surface area (Å²) in [4.78, 5) is -0.119. The molecule has 7 unspecified atom stereocenters. The van der Waals surface area contributed by atoms with E-state index in [1.807, 2.05) is 0 Å². The standard InChI is InChI=1S/C25H42N4O13S/c1-9-2-4-10(5-3-9)43(36,37)38-8-14-16(30)15(29)18(32)24(40-14)41-22-11(27)6-12(28)23(21(22)35)42-25-20(34)19(33)17(31)13(7-26)39-25/h2-5,11-25,30-35H,6-8,26-29H2,1H3/t11?,12?,13?,14-,15-,16?,17-,18-,19+,20?,21-,22-,23?,24?,25-/m1/s1. The van der Waals surface area contributed by atoms with Gasteiger partial charge in [0, 0.05) is 18.6 Å². The average Bonchev–Trinajstić information content (AvgIpc) is 2.96. The quantitative estimate of drug-likeness (QED) is 0.113. The van der Waals surface area contributed by atoms with Crippen molar-refractivity contribution in [2.24, 2.45) is 22.9 Å². The highest BCUT2D eigenvalue weighted by Gasteiger charge is 2.51. The third kappa shape index (κ3) is 7.36. The van der Waals surface area contributed by atoms with Crippen LogP contribution in [-0.4, -0.2) is 144 Å². The number of hydrogen-bond donors (Lipinski definition) is 10. The maximum Gasteiger partial charge on any atom is 0.297 e. The van der Waals surface area contributed by atoms with Gasteiger partial charge in [0.05, 0.1) is 17.5 Å². The minimum Gasteiger partial charge on any atom is -0.389 e. The number of benzene rings is 1. The Labute approximate surface area is 248 Å². The number of aliphatic hydroxyl groups is 6. The van der Waals surface area contributed by atoms with Crippen LogP contribution in [0.4, 0.5) is 0 Å². The largest absolute Gasteiger partial charge is 0.389 e. The normalized spacial score (nSPS) is 44.3. The molecule has 0 aromatic heterocycles. The SMILES string of the molecule is Cc1ccc(S(=O)(=O)OC[C@H]2OC(O[C@@H]3C(N)CC(N)C(O[C@H]4OC(CN)[C@@H](O)[C@H](O)C4O)[C@@H]3O)[C@H](O)[C@H](N)C2O)cc1. The predicted molar refractivity (Wildman–Crippen MR) is 145 cm³/mol. The van der Waals surface area contributed by atoms with Crippen LogP contribution in [0.2, 0.25) is 0 Å². The first-order valence-corrected chi connectivity index (χ1v) is 15.2. The molecule has 18 heteroatoms. The number of rotatable bonds is 9. The van der Waals surface area contributed by atoms with Gasteiger partial charge < -0.3 is 72.5 Å². The van der Waals surface area contributed by atoms with E-state index in [0.717, 1.165) is 5.56 Å². The van der Waals surface area contributed by atoms with E-state index in [1.54, 1.807) is 19.1 Å². The number of hydrogen-bond acceptors (Lipinski definition) is 17. The topological polar surface area (TPSA) is 306 Å². The third-order valence-corrected chi connectivity index (χ3v) is 9.30. The predicted octanol–water partition coefficient (Wildman–Crippen LogP) is -5.57. The molecule has 43 heavy (non-hydrogen) atoms. The fraction of sp³-hybridized carbons (Fsp3) is 0.760. The zero-order valence-electron chi connectivity index (χ0n) is 23.3. The molecule has 1 aromatic carbocycles. The smallest absolute Gasteiger partial charge is 0.297 e. The summed E-state index contributed by atoms with van der Waals surface area (Å²) in [5.74, 6) is 0. The third-order valence-electron chi connectivity index (χ3n) is 8.00. The van der Waals surface area contributed by atoms with Crippen molar-refractivity contribution in [3.63, 3.8) is 0 Å². The lowest BCUT2D eigenvalue weighted by atomic mass is 9.84. The van der Waals surface area contributed by atoms with Crippen molar-refractivity contribution in [3.8, 4) is 0 Å². The summed E-state index contributed by atoms with van der Waals surface area (Å²) < 4.78 is 53.1. The van der Waals surface area contributed by atoms with Crippen molar-refractivity contribution in [1.29, 1.82) is 0 Å². The molecule has 246 valence electrons. The lowest BCUT2D eigenvalue weighted by molar-refractivity contribution is -0.331. The molecule has 15 atom stereocenters. The molecule has 2 aliphatic heterocycles. The molecule has 4 rings (SSSR count). The van der Waals surface area contributed by atoms with Crippen LogP contribution in [0.3, 0.4) is 0 Å².